The lowest BCUT2D eigenvalue weighted by molar-refractivity contribution is -0.153. The van der Waals surface area contributed by atoms with E-state index in [4.69, 9.17) is 4.74 Å². The topological polar surface area (TPSA) is 43.4 Å². The van der Waals surface area contributed by atoms with Crippen LogP contribution in [-0.4, -0.2) is 11.9 Å². The zero-order chi connectivity index (χ0) is 24.0. The van der Waals surface area contributed by atoms with Crippen molar-refractivity contribution in [3.8, 4) is 0 Å². The first-order valence-electron chi connectivity index (χ1n) is 14.2. The third-order valence-corrected chi connectivity index (χ3v) is 6.88. The maximum atomic E-state index is 12.1. The van der Waals surface area contributed by atoms with E-state index in [9.17, 15) is 9.59 Å². The molecule has 0 spiro atoms. The van der Waals surface area contributed by atoms with E-state index in [1.807, 2.05) is 0 Å². The van der Waals surface area contributed by atoms with Crippen LogP contribution in [0.4, 0.5) is 0 Å². The standard InChI is InChI=1S/C30H52O3/c1-3-5-7-9-11-13-15-17-19-21-23-25-27(28-26-29(31)33-30(28)32)24-22-20-18-16-14-12-10-8-6-4-2/h20-23,27-28H,3-19,24-26H2,1-2H3. The first-order chi connectivity index (χ1) is 16.2. The van der Waals surface area contributed by atoms with Gasteiger partial charge >= 0.3 is 11.9 Å². The SMILES string of the molecule is CCCCCCCCCC=CCC(CC=CCCCCCCCCCC)C1CC(=O)OC1=O. The predicted molar refractivity (Wildman–Crippen MR) is 140 cm³/mol. The van der Waals surface area contributed by atoms with Crippen molar-refractivity contribution in [2.75, 3.05) is 0 Å². The molecule has 33 heavy (non-hydrogen) atoms. The molecule has 0 amide bonds. The van der Waals surface area contributed by atoms with Crippen molar-refractivity contribution in [3.05, 3.63) is 24.3 Å². The fourth-order valence-electron chi connectivity index (χ4n) is 4.67. The summed E-state index contributed by atoms with van der Waals surface area (Å²) in [4.78, 5) is 23.7. The van der Waals surface area contributed by atoms with Crippen LogP contribution in [-0.2, 0) is 14.3 Å². The lowest BCUT2D eigenvalue weighted by atomic mass is 9.85. The normalized spacial score (nSPS) is 17.5. The molecule has 0 aliphatic carbocycles. The second kappa shape index (κ2) is 21.2. The number of hydrogen-bond acceptors (Lipinski definition) is 3. The van der Waals surface area contributed by atoms with Crippen molar-refractivity contribution >= 4 is 11.9 Å². The second-order valence-electron chi connectivity index (χ2n) is 9.95. The number of hydrogen-bond donors (Lipinski definition) is 0. The van der Waals surface area contributed by atoms with Gasteiger partial charge in [0.25, 0.3) is 0 Å². The van der Waals surface area contributed by atoms with Crippen LogP contribution < -0.4 is 0 Å². The molecule has 0 N–H and O–H groups in total. The Morgan fingerprint density at radius 3 is 1.48 bits per heavy atom. The van der Waals surface area contributed by atoms with Crippen LogP contribution in [0.2, 0.25) is 0 Å². The summed E-state index contributed by atoms with van der Waals surface area (Å²) in [6, 6.07) is 0. The van der Waals surface area contributed by atoms with Crippen LogP contribution in [0.15, 0.2) is 24.3 Å². The van der Waals surface area contributed by atoms with Gasteiger partial charge in [-0.2, -0.15) is 0 Å². The summed E-state index contributed by atoms with van der Waals surface area (Å²) < 4.78 is 4.84. The molecule has 0 radical (unpaired) electrons. The molecule has 1 rings (SSSR count). The zero-order valence-electron chi connectivity index (χ0n) is 21.8. The van der Waals surface area contributed by atoms with Gasteiger partial charge in [-0.15, -0.1) is 0 Å². The Labute approximate surface area is 204 Å². The molecule has 3 nitrogen and oxygen atoms in total. The van der Waals surface area contributed by atoms with Crippen molar-refractivity contribution in [2.45, 2.75) is 142 Å². The number of carbonyl (C=O) groups excluding carboxylic acids is 2. The summed E-state index contributed by atoms with van der Waals surface area (Å²) in [5.41, 5.74) is 0. The lowest BCUT2D eigenvalue weighted by Gasteiger charge is -2.16. The number of cyclic esters (lactones) is 2. The summed E-state index contributed by atoms with van der Waals surface area (Å²) in [7, 11) is 0. The van der Waals surface area contributed by atoms with Gasteiger partial charge in [0.2, 0.25) is 0 Å². The van der Waals surface area contributed by atoms with Gasteiger partial charge in [0.1, 0.15) is 0 Å². The van der Waals surface area contributed by atoms with Gasteiger partial charge in [-0.3, -0.25) is 9.59 Å². The number of ether oxygens (including phenoxy) is 1. The minimum atomic E-state index is -0.357. The molecule has 0 saturated carbocycles. The van der Waals surface area contributed by atoms with Crippen molar-refractivity contribution in [2.24, 2.45) is 11.8 Å². The molecule has 3 heteroatoms. The first-order valence-corrected chi connectivity index (χ1v) is 14.2. The Morgan fingerprint density at radius 1 is 0.667 bits per heavy atom. The highest BCUT2D eigenvalue weighted by molar-refractivity contribution is 5.94. The number of unbranched alkanes of at least 4 members (excludes halogenated alkanes) is 15. The Balaban J connectivity index is 2.25. The molecule has 0 aromatic carbocycles. The monoisotopic (exact) mass is 460 g/mol. The molecular weight excluding hydrogens is 408 g/mol. The molecule has 1 fully saturated rings. The third kappa shape index (κ3) is 16.0. The van der Waals surface area contributed by atoms with Crippen molar-refractivity contribution in [3.63, 3.8) is 0 Å². The third-order valence-electron chi connectivity index (χ3n) is 6.88. The molecule has 0 bridgehead atoms. The fraction of sp³-hybridized carbons (Fsp3) is 0.800. The number of carbonyl (C=O) groups is 2. The van der Waals surface area contributed by atoms with E-state index in [1.165, 1.54) is 96.3 Å². The Hall–Kier alpha value is -1.38. The van der Waals surface area contributed by atoms with Crippen molar-refractivity contribution in [1.82, 2.24) is 0 Å². The summed E-state index contributed by atoms with van der Waals surface area (Å²) in [6.45, 7) is 4.52. The van der Waals surface area contributed by atoms with Crippen molar-refractivity contribution in [1.29, 1.82) is 0 Å². The van der Waals surface area contributed by atoms with E-state index < -0.39 is 0 Å². The van der Waals surface area contributed by atoms with E-state index in [1.54, 1.807) is 0 Å². The highest BCUT2D eigenvalue weighted by Gasteiger charge is 2.38. The molecule has 2 unspecified atom stereocenters. The minimum Gasteiger partial charge on any atom is -0.393 e. The molecule has 190 valence electrons. The average molecular weight is 461 g/mol. The number of esters is 2. The number of rotatable bonds is 22. The maximum absolute atomic E-state index is 12.1. The van der Waals surface area contributed by atoms with Crippen LogP contribution in [0.3, 0.4) is 0 Å². The first kappa shape index (κ1) is 29.7. The van der Waals surface area contributed by atoms with Gasteiger partial charge in [0.15, 0.2) is 0 Å². The molecule has 0 aromatic rings. The van der Waals surface area contributed by atoms with Crippen LogP contribution in [0.5, 0.6) is 0 Å². The van der Waals surface area contributed by atoms with Crippen molar-refractivity contribution < 1.29 is 14.3 Å². The Kier molecular flexibility index (Phi) is 19.0. The van der Waals surface area contributed by atoms with Gasteiger partial charge < -0.3 is 4.74 Å². The second-order valence-corrected chi connectivity index (χ2v) is 9.95. The average Bonchev–Trinajstić information content (AvgIpc) is 3.14. The predicted octanol–water partition coefficient (Wildman–Crippen LogP) is 9.26. The van der Waals surface area contributed by atoms with Gasteiger partial charge in [0.05, 0.1) is 12.3 Å². The fourth-order valence-corrected chi connectivity index (χ4v) is 4.67. The highest BCUT2D eigenvalue weighted by atomic mass is 16.6. The van der Waals surface area contributed by atoms with Gasteiger partial charge in [-0.05, 0) is 44.4 Å². The molecule has 1 heterocycles. The largest absolute Gasteiger partial charge is 0.393 e. The summed E-state index contributed by atoms with van der Waals surface area (Å²) in [5, 5.41) is 0. The highest BCUT2D eigenvalue weighted by Crippen LogP contribution is 2.30. The van der Waals surface area contributed by atoms with Crippen LogP contribution in [0.1, 0.15) is 142 Å². The summed E-state index contributed by atoms with van der Waals surface area (Å²) in [5.74, 6) is -0.774. The molecule has 2 atom stereocenters. The number of allylic oxidation sites excluding steroid dienone is 4. The van der Waals surface area contributed by atoms with Gasteiger partial charge in [-0.25, -0.2) is 0 Å². The lowest BCUT2D eigenvalue weighted by Crippen LogP contribution is -2.18. The van der Waals surface area contributed by atoms with Gasteiger partial charge in [0, 0.05) is 0 Å². The minimum absolute atomic E-state index is 0.170. The van der Waals surface area contributed by atoms with E-state index in [0.29, 0.717) is 0 Å². The molecule has 1 saturated heterocycles. The maximum Gasteiger partial charge on any atom is 0.317 e. The molecule has 0 aromatic heterocycles. The van der Waals surface area contributed by atoms with Crippen LogP contribution in [0.25, 0.3) is 0 Å². The van der Waals surface area contributed by atoms with E-state index in [-0.39, 0.29) is 30.2 Å². The van der Waals surface area contributed by atoms with Crippen LogP contribution >= 0.6 is 0 Å². The van der Waals surface area contributed by atoms with Crippen LogP contribution in [0, 0.1) is 11.8 Å². The Morgan fingerprint density at radius 2 is 1.09 bits per heavy atom. The van der Waals surface area contributed by atoms with Gasteiger partial charge in [-0.1, -0.05) is 122 Å². The van der Waals surface area contributed by atoms with E-state index in [0.717, 1.165) is 25.7 Å². The Bertz CT molecular complexity index is 549. The quantitative estimate of drug-likeness (QED) is 0.0699. The van der Waals surface area contributed by atoms with E-state index in [2.05, 4.69) is 38.2 Å². The summed E-state index contributed by atoms with van der Waals surface area (Å²) in [6.07, 6.45) is 33.2. The summed E-state index contributed by atoms with van der Waals surface area (Å²) >= 11 is 0. The molecular formula is C30H52O3. The smallest absolute Gasteiger partial charge is 0.317 e. The molecule has 1 aliphatic rings. The van der Waals surface area contributed by atoms with E-state index >= 15 is 0 Å². The molecule has 1 aliphatic heterocycles. The zero-order valence-corrected chi connectivity index (χ0v) is 21.8.